The number of hydrogen-bond acceptors (Lipinski definition) is 10. The molecule has 53 heavy (non-hydrogen) atoms. The topological polar surface area (TPSA) is 166 Å². The van der Waals surface area contributed by atoms with Crippen molar-refractivity contribution >= 4 is 17.7 Å². The van der Waals surface area contributed by atoms with E-state index in [2.05, 4.69) is 30.1 Å². The van der Waals surface area contributed by atoms with Crippen molar-refractivity contribution in [3.8, 4) is 0 Å². The number of cyclic esters (lactones) is 1. The van der Waals surface area contributed by atoms with E-state index in [1.54, 1.807) is 14.0 Å². The van der Waals surface area contributed by atoms with E-state index in [9.17, 15) is 34.8 Å². The van der Waals surface area contributed by atoms with Crippen LogP contribution in [0.25, 0.3) is 0 Å². The van der Waals surface area contributed by atoms with Gasteiger partial charge in [-0.05, 0) is 113 Å². The summed E-state index contributed by atoms with van der Waals surface area (Å²) < 4.78 is 12.0. The standard InChI is InChI=1S/C42H70N2O9/c1-8-34-37(49)36(48)27(4)44(19-9-11-29(45)22-25(2)21-26(3)38(50)53-34)20-10-18-43-39(51)42(52-7)17-15-32-31-13-12-28-23-30(46)14-16-40(28,5)35(31)33(47)24-41(32,42)6/h12,25-27,29,31-37,45,47-49H,8-11,13-24H2,1-7H3,(H,43,51)/t25-,26+,27+,29+,31?,32?,33-,34+,35?,36+,37+,40-,41-,42-/m0/s1. The lowest BCUT2D eigenvalue weighted by Crippen LogP contribution is -2.63. The molecule has 4 fully saturated rings. The number of rotatable bonds is 7. The molecule has 5 rings (SSSR count). The van der Waals surface area contributed by atoms with Gasteiger partial charge in [-0.3, -0.25) is 19.3 Å². The number of carbonyl (C=O) groups is 3. The highest BCUT2D eigenvalue weighted by Crippen LogP contribution is 2.67. The van der Waals surface area contributed by atoms with Crippen LogP contribution in [-0.4, -0.2) is 112 Å². The van der Waals surface area contributed by atoms with Crippen molar-refractivity contribution < 1.29 is 44.3 Å². The second-order valence-electron chi connectivity index (χ2n) is 18.2. The lowest BCUT2D eigenvalue weighted by atomic mass is 9.46. The van der Waals surface area contributed by atoms with E-state index < -0.39 is 53.5 Å². The Bertz CT molecular complexity index is 1340. The minimum Gasteiger partial charge on any atom is -0.459 e. The molecule has 0 bridgehead atoms. The van der Waals surface area contributed by atoms with Crippen LogP contribution in [-0.2, 0) is 23.9 Å². The van der Waals surface area contributed by atoms with Crippen molar-refractivity contribution in [3.63, 3.8) is 0 Å². The molecule has 3 unspecified atom stereocenters. The van der Waals surface area contributed by atoms with E-state index in [0.29, 0.717) is 83.8 Å². The van der Waals surface area contributed by atoms with Crippen molar-refractivity contribution in [2.45, 2.75) is 167 Å². The number of carbonyl (C=O) groups excluding carboxylic acids is 3. The predicted octanol–water partition coefficient (Wildman–Crippen LogP) is 4.32. The number of allylic oxidation sites excluding steroid dienone is 2. The normalized spacial score (nSPS) is 44.7. The van der Waals surface area contributed by atoms with Gasteiger partial charge in [0.2, 0.25) is 0 Å². The maximum atomic E-state index is 14.3. The molecule has 0 aromatic rings. The van der Waals surface area contributed by atoms with Gasteiger partial charge in [0.05, 0.1) is 24.2 Å². The summed E-state index contributed by atoms with van der Waals surface area (Å²) in [5.41, 5.74) is -0.645. The molecule has 1 saturated heterocycles. The summed E-state index contributed by atoms with van der Waals surface area (Å²) in [4.78, 5) is 41.6. The molecule has 14 atom stereocenters. The Balaban J connectivity index is 1.25. The first kappa shape index (κ1) is 42.3. The Morgan fingerprint density at radius 2 is 1.79 bits per heavy atom. The van der Waals surface area contributed by atoms with E-state index in [4.69, 9.17) is 9.47 Å². The van der Waals surface area contributed by atoms with Crippen LogP contribution in [0, 0.1) is 40.4 Å². The summed E-state index contributed by atoms with van der Waals surface area (Å²) in [7, 11) is 1.62. The van der Waals surface area contributed by atoms with Crippen LogP contribution in [0.5, 0.6) is 0 Å². The van der Waals surface area contributed by atoms with Crippen LogP contribution in [0.1, 0.15) is 125 Å². The zero-order chi connectivity index (χ0) is 38.9. The molecule has 1 heterocycles. The lowest BCUT2D eigenvalue weighted by molar-refractivity contribution is -0.187. The summed E-state index contributed by atoms with van der Waals surface area (Å²) in [6, 6.07) is -0.474. The maximum absolute atomic E-state index is 14.3. The number of hydrogen-bond donors (Lipinski definition) is 5. The molecule has 302 valence electrons. The zero-order valence-corrected chi connectivity index (χ0v) is 33.5. The first-order valence-electron chi connectivity index (χ1n) is 20.7. The minimum atomic E-state index is -1.26. The number of esters is 1. The molecule has 1 aliphatic heterocycles. The first-order chi connectivity index (χ1) is 25.0. The Morgan fingerprint density at radius 3 is 2.49 bits per heavy atom. The Kier molecular flexibility index (Phi) is 13.6. The molecular formula is C42H70N2O9. The molecule has 0 spiro atoms. The number of amides is 1. The zero-order valence-electron chi connectivity index (χ0n) is 33.5. The van der Waals surface area contributed by atoms with E-state index in [-0.39, 0.29) is 46.7 Å². The van der Waals surface area contributed by atoms with Gasteiger partial charge in [0.25, 0.3) is 5.91 Å². The monoisotopic (exact) mass is 747 g/mol. The number of nitrogens with zero attached hydrogens (tertiary/aromatic N) is 1. The molecular weight excluding hydrogens is 676 g/mol. The number of methoxy groups -OCH3 is 1. The highest BCUT2D eigenvalue weighted by atomic mass is 16.6. The highest BCUT2D eigenvalue weighted by Gasteiger charge is 2.69. The van der Waals surface area contributed by atoms with Gasteiger partial charge in [0, 0.05) is 44.5 Å². The largest absolute Gasteiger partial charge is 0.459 e. The molecule has 0 aromatic carbocycles. The fraction of sp³-hybridized carbons (Fsp3) is 0.881. The molecule has 0 aromatic heterocycles. The molecule has 4 aliphatic carbocycles. The van der Waals surface area contributed by atoms with Crippen LogP contribution in [0.4, 0.5) is 0 Å². The third-order valence-electron chi connectivity index (χ3n) is 14.9. The van der Waals surface area contributed by atoms with Gasteiger partial charge in [-0.1, -0.05) is 46.3 Å². The number of Topliss-reactive ketones (excluding diaryl/α,β-unsaturated/α-hetero) is 1. The number of aliphatic hydroxyl groups is 4. The Morgan fingerprint density at radius 1 is 1.06 bits per heavy atom. The smallest absolute Gasteiger partial charge is 0.309 e. The van der Waals surface area contributed by atoms with E-state index in [1.807, 2.05) is 20.8 Å². The fourth-order valence-electron chi connectivity index (χ4n) is 11.8. The molecule has 5 aliphatic rings. The molecule has 5 N–H and O–H groups in total. The summed E-state index contributed by atoms with van der Waals surface area (Å²) in [6.07, 6.45) is 5.77. The number of ether oxygens (including phenoxy) is 2. The van der Waals surface area contributed by atoms with Crippen LogP contribution < -0.4 is 5.32 Å². The fourth-order valence-corrected chi connectivity index (χ4v) is 11.8. The van der Waals surface area contributed by atoms with Crippen molar-refractivity contribution in [3.05, 3.63) is 11.6 Å². The summed E-state index contributed by atoms with van der Waals surface area (Å²) in [5.74, 6) is -0.0565. The lowest BCUT2D eigenvalue weighted by Gasteiger charge is -2.60. The predicted molar refractivity (Wildman–Crippen MR) is 201 cm³/mol. The maximum Gasteiger partial charge on any atom is 0.309 e. The Hall–Kier alpha value is -1.89. The molecule has 11 nitrogen and oxygen atoms in total. The van der Waals surface area contributed by atoms with Gasteiger partial charge in [0.1, 0.15) is 18.0 Å². The van der Waals surface area contributed by atoms with E-state index in [0.717, 1.165) is 19.3 Å². The SMILES string of the molecule is CC[C@H]1OC(=O)[C@H](C)C[C@H](C)C[C@H](O)CCCN(CCCNC(=O)[C@@]2(OC)CCC3C4CC=C5CC(=O)CC[C@]5(C)C4[C@@H](O)C[C@@]32C)[C@H](C)[C@@H](O)[C@@H]1O. The second-order valence-corrected chi connectivity index (χ2v) is 18.2. The third kappa shape index (κ3) is 8.18. The van der Waals surface area contributed by atoms with E-state index >= 15 is 0 Å². The van der Waals surface area contributed by atoms with Crippen LogP contribution in [0.3, 0.4) is 0 Å². The minimum absolute atomic E-state index is 0.0613. The third-order valence-corrected chi connectivity index (χ3v) is 14.9. The van der Waals surface area contributed by atoms with Gasteiger partial charge in [-0.25, -0.2) is 0 Å². The average Bonchev–Trinajstić information content (AvgIpc) is 3.42. The second kappa shape index (κ2) is 17.1. The summed E-state index contributed by atoms with van der Waals surface area (Å²) in [6.45, 7) is 13.4. The van der Waals surface area contributed by atoms with Crippen LogP contribution in [0.2, 0.25) is 0 Å². The number of ketones is 1. The molecule has 0 radical (unpaired) electrons. The summed E-state index contributed by atoms with van der Waals surface area (Å²) in [5, 5.41) is 48.4. The van der Waals surface area contributed by atoms with Crippen molar-refractivity contribution in [1.29, 1.82) is 0 Å². The molecule has 1 amide bonds. The van der Waals surface area contributed by atoms with Crippen LogP contribution in [0.15, 0.2) is 11.6 Å². The number of fused-ring (bicyclic) bond motifs is 5. The van der Waals surface area contributed by atoms with Gasteiger partial charge < -0.3 is 35.2 Å². The van der Waals surface area contributed by atoms with Crippen molar-refractivity contribution in [1.82, 2.24) is 10.2 Å². The number of nitrogens with one attached hydrogen (secondary N) is 1. The van der Waals surface area contributed by atoms with Gasteiger partial charge in [-0.2, -0.15) is 0 Å². The first-order valence-corrected chi connectivity index (χ1v) is 20.7. The van der Waals surface area contributed by atoms with Crippen molar-refractivity contribution in [2.24, 2.45) is 40.4 Å². The van der Waals surface area contributed by atoms with Gasteiger partial charge in [0.15, 0.2) is 5.60 Å². The van der Waals surface area contributed by atoms with E-state index in [1.165, 1.54) is 5.57 Å². The average molecular weight is 747 g/mol. The van der Waals surface area contributed by atoms with Crippen LogP contribution >= 0.6 is 0 Å². The quantitative estimate of drug-likeness (QED) is 0.144. The summed E-state index contributed by atoms with van der Waals surface area (Å²) >= 11 is 0. The molecule has 3 saturated carbocycles. The van der Waals surface area contributed by atoms with Gasteiger partial charge in [-0.15, -0.1) is 0 Å². The highest BCUT2D eigenvalue weighted by molar-refractivity contribution is 5.87. The Labute approximate surface area is 317 Å². The van der Waals surface area contributed by atoms with Gasteiger partial charge >= 0.3 is 5.97 Å². The molecule has 11 heteroatoms. The van der Waals surface area contributed by atoms with Crippen molar-refractivity contribution in [2.75, 3.05) is 26.7 Å². The number of aliphatic hydroxyl groups excluding tert-OH is 4.